The molecule has 0 saturated heterocycles. The number of aromatic nitrogens is 2. The number of halogens is 5. The molecule has 2 heterocycles. The van der Waals surface area contributed by atoms with Crippen LogP contribution < -0.4 is 20.9 Å². The SMILES string of the molecule is N#Cc1cc(N)cnc1OC(F)F.Nc1cnc(OC(F)F)c(Cl)c1. The summed E-state index contributed by atoms with van der Waals surface area (Å²) in [6, 6.07) is 4.14. The van der Waals surface area contributed by atoms with Crippen LogP contribution in [0.15, 0.2) is 24.5 Å². The maximum Gasteiger partial charge on any atom is 0.388 e. The Morgan fingerprint density at radius 2 is 1.44 bits per heavy atom. The Hall–Kier alpha value is -3.00. The van der Waals surface area contributed by atoms with Gasteiger partial charge in [0.25, 0.3) is 0 Å². The van der Waals surface area contributed by atoms with Gasteiger partial charge in [0, 0.05) is 0 Å². The van der Waals surface area contributed by atoms with Gasteiger partial charge in [-0.25, -0.2) is 9.97 Å². The predicted molar refractivity (Wildman–Crippen MR) is 80.3 cm³/mol. The third-order valence-corrected chi connectivity index (χ3v) is 2.49. The second kappa shape index (κ2) is 9.33. The summed E-state index contributed by atoms with van der Waals surface area (Å²) >= 11 is 5.47. The fraction of sp³-hybridized carbons (Fsp3) is 0.154. The second-order valence-electron chi connectivity index (χ2n) is 4.05. The topological polar surface area (TPSA) is 120 Å². The number of nitriles is 1. The molecule has 4 N–H and O–H groups in total. The van der Waals surface area contributed by atoms with E-state index < -0.39 is 19.1 Å². The molecule has 0 radical (unpaired) electrons. The lowest BCUT2D eigenvalue weighted by Crippen LogP contribution is -2.05. The number of nitrogens with zero attached hydrogens (tertiary/aromatic N) is 3. The first kappa shape index (κ1) is 20.0. The van der Waals surface area contributed by atoms with Crippen molar-refractivity contribution in [1.82, 2.24) is 9.97 Å². The van der Waals surface area contributed by atoms with Crippen molar-refractivity contribution in [2.45, 2.75) is 13.2 Å². The number of ether oxygens (including phenoxy) is 2. The lowest BCUT2D eigenvalue weighted by atomic mass is 10.3. The molecule has 7 nitrogen and oxygen atoms in total. The summed E-state index contributed by atoms with van der Waals surface area (Å²) in [4.78, 5) is 6.90. The number of rotatable bonds is 4. The van der Waals surface area contributed by atoms with E-state index in [4.69, 9.17) is 28.3 Å². The number of nitrogen functional groups attached to an aromatic ring is 2. The zero-order valence-corrected chi connectivity index (χ0v) is 12.9. The van der Waals surface area contributed by atoms with Crippen molar-refractivity contribution in [3.8, 4) is 17.8 Å². The van der Waals surface area contributed by atoms with Crippen LogP contribution >= 0.6 is 11.6 Å². The van der Waals surface area contributed by atoms with Crippen LogP contribution in [-0.4, -0.2) is 23.2 Å². The Balaban J connectivity index is 0.000000251. The van der Waals surface area contributed by atoms with Gasteiger partial charge in [-0.05, 0) is 12.1 Å². The van der Waals surface area contributed by atoms with Gasteiger partial charge in [0.2, 0.25) is 11.8 Å². The van der Waals surface area contributed by atoms with Crippen molar-refractivity contribution in [3.05, 3.63) is 35.1 Å². The van der Waals surface area contributed by atoms with Crippen molar-refractivity contribution < 1.29 is 27.0 Å². The molecule has 12 heteroatoms. The van der Waals surface area contributed by atoms with Crippen molar-refractivity contribution in [2.75, 3.05) is 11.5 Å². The third-order valence-electron chi connectivity index (χ3n) is 2.22. The van der Waals surface area contributed by atoms with E-state index in [0.29, 0.717) is 5.69 Å². The van der Waals surface area contributed by atoms with E-state index in [1.165, 1.54) is 18.3 Å². The molecule has 134 valence electrons. The molecule has 0 atom stereocenters. The van der Waals surface area contributed by atoms with Crippen molar-refractivity contribution in [2.24, 2.45) is 0 Å². The van der Waals surface area contributed by atoms with E-state index in [2.05, 4.69) is 19.4 Å². The standard InChI is InChI=1S/C7H5F2N3O.C6H5ClF2N2O/c8-7(9)13-6-4(2-10)1-5(11)3-12-6;7-4-1-3(10)2-11-5(4)12-6(8)9/h1,3,7H,11H2;1-2,6H,10H2. The Bertz CT molecular complexity index is 758. The molecular weight excluding hydrogens is 370 g/mol. The molecule has 25 heavy (non-hydrogen) atoms. The van der Waals surface area contributed by atoms with Gasteiger partial charge in [-0.1, -0.05) is 11.6 Å². The molecule has 0 saturated carbocycles. The maximum atomic E-state index is 11.7. The molecule has 2 aromatic heterocycles. The molecule has 0 unspecified atom stereocenters. The summed E-state index contributed by atoms with van der Waals surface area (Å²) in [5.41, 5.74) is 10.9. The van der Waals surface area contributed by atoms with E-state index in [9.17, 15) is 17.6 Å². The van der Waals surface area contributed by atoms with E-state index >= 15 is 0 Å². The molecule has 0 aromatic carbocycles. The molecule has 0 bridgehead atoms. The van der Waals surface area contributed by atoms with Gasteiger partial charge in [0.1, 0.15) is 16.7 Å². The summed E-state index contributed by atoms with van der Waals surface area (Å²) in [6.07, 6.45) is 2.32. The molecule has 0 aliphatic heterocycles. The van der Waals surface area contributed by atoms with Crippen LogP contribution in [0.2, 0.25) is 5.02 Å². The number of alkyl halides is 4. The highest BCUT2D eigenvalue weighted by Gasteiger charge is 2.11. The van der Waals surface area contributed by atoms with Crippen LogP contribution in [0.1, 0.15) is 5.56 Å². The summed E-state index contributed by atoms with van der Waals surface area (Å²) in [5.74, 6) is -0.729. The monoisotopic (exact) mass is 379 g/mol. The van der Waals surface area contributed by atoms with Crippen molar-refractivity contribution in [1.29, 1.82) is 5.26 Å². The Kier molecular flexibility index (Phi) is 7.48. The van der Waals surface area contributed by atoms with Crippen LogP contribution in [-0.2, 0) is 0 Å². The van der Waals surface area contributed by atoms with Gasteiger partial charge in [0.15, 0.2) is 0 Å². The Morgan fingerprint density at radius 3 is 1.92 bits per heavy atom. The summed E-state index contributed by atoms with van der Waals surface area (Å²) in [5, 5.41) is 8.45. The minimum Gasteiger partial charge on any atom is -0.415 e. The molecule has 0 fully saturated rings. The lowest BCUT2D eigenvalue weighted by Gasteiger charge is -2.04. The highest BCUT2D eigenvalue weighted by atomic mass is 35.5. The molecule has 0 spiro atoms. The van der Waals surface area contributed by atoms with Gasteiger partial charge in [-0.15, -0.1) is 0 Å². The summed E-state index contributed by atoms with van der Waals surface area (Å²) < 4.78 is 54.7. The number of hydrogen-bond donors (Lipinski definition) is 2. The van der Waals surface area contributed by atoms with Gasteiger partial charge in [0.05, 0.1) is 23.8 Å². The van der Waals surface area contributed by atoms with Gasteiger partial charge in [-0.3, -0.25) is 0 Å². The van der Waals surface area contributed by atoms with E-state index in [1.807, 2.05) is 0 Å². The van der Waals surface area contributed by atoms with Gasteiger partial charge < -0.3 is 20.9 Å². The Labute approximate surface area is 143 Å². The summed E-state index contributed by atoms with van der Waals surface area (Å²) in [7, 11) is 0. The van der Waals surface area contributed by atoms with E-state index in [-0.39, 0.29) is 22.2 Å². The Morgan fingerprint density at radius 1 is 0.960 bits per heavy atom. The van der Waals surface area contributed by atoms with Crippen LogP contribution in [0.4, 0.5) is 28.9 Å². The van der Waals surface area contributed by atoms with E-state index in [0.717, 1.165) is 6.20 Å². The normalized spacial score (nSPS) is 10.0. The first-order valence-corrected chi connectivity index (χ1v) is 6.57. The molecule has 0 aliphatic rings. The fourth-order valence-electron chi connectivity index (χ4n) is 1.34. The number of hydrogen-bond acceptors (Lipinski definition) is 7. The zero-order valence-electron chi connectivity index (χ0n) is 12.2. The first-order chi connectivity index (χ1) is 11.7. The third kappa shape index (κ3) is 6.96. The zero-order chi connectivity index (χ0) is 19.0. The minimum absolute atomic E-state index is 0.0321. The molecule has 2 aromatic rings. The highest BCUT2D eigenvalue weighted by Crippen LogP contribution is 2.24. The lowest BCUT2D eigenvalue weighted by molar-refractivity contribution is -0.0536. The van der Waals surface area contributed by atoms with Crippen LogP contribution in [0.25, 0.3) is 0 Å². The van der Waals surface area contributed by atoms with Crippen molar-refractivity contribution >= 4 is 23.0 Å². The largest absolute Gasteiger partial charge is 0.415 e. The summed E-state index contributed by atoms with van der Waals surface area (Å²) in [6.45, 7) is -5.93. The van der Waals surface area contributed by atoms with E-state index in [1.54, 1.807) is 6.07 Å². The van der Waals surface area contributed by atoms with Crippen molar-refractivity contribution in [3.63, 3.8) is 0 Å². The van der Waals surface area contributed by atoms with Crippen LogP contribution in [0.5, 0.6) is 11.8 Å². The fourth-order valence-corrected chi connectivity index (χ4v) is 1.56. The average Bonchev–Trinajstić information content (AvgIpc) is 2.52. The predicted octanol–water partition coefficient (Wildman–Crippen LogP) is 3.06. The molecule has 0 amide bonds. The maximum absolute atomic E-state index is 11.7. The van der Waals surface area contributed by atoms with Gasteiger partial charge in [-0.2, -0.15) is 22.8 Å². The number of anilines is 2. The van der Waals surface area contributed by atoms with Gasteiger partial charge >= 0.3 is 13.2 Å². The molecular formula is C13H10ClF4N5O2. The molecule has 0 aliphatic carbocycles. The van der Waals surface area contributed by atoms with Crippen LogP contribution in [0, 0.1) is 11.3 Å². The smallest absolute Gasteiger partial charge is 0.388 e. The first-order valence-electron chi connectivity index (χ1n) is 6.19. The van der Waals surface area contributed by atoms with Crippen LogP contribution in [0.3, 0.4) is 0 Å². The quantitative estimate of drug-likeness (QED) is 0.783. The number of nitrogens with two attached hydrogens (primary N) is 2. The molecule has 2 rings (SSSR count). The second-order valence-corrected chi connectivity index (χ2v) is 4.45. The number of pyridine rings is 2. The average molecular weight is 380 g/mol. The minimum atomic E-state index is -3.00. The highest BCUT2D eigenvalue weighted by molar-refractivity contribution is 6.32.